The zero-order valence-electron chi connectivity index (χ0n) is 26.6. The van der Waals surface area contributed by atoms with Crippen molar-refractivity contribution in [1.29, 1.82) is 0 Å². The van der Waals surface area contributed by atoms with Gasteiger partial charge < -0.3 is 14.3 Å². The van der Waals surface area contributed by atoms with Gasteiger partial charge in [-0.2, -0.15) is 0 Å². The summed E-state index contributed by atoms with van der Waals surface area (Å²) in [6.45, 7) is 10.9. The Morgan fingerprint density at radius 2 is 1.17 bits per heavy atom. The Balaban J connectivity index is 0.000000428. The number of rotatable bonds is 13. The second kappa shape index (κ2) is 18.1. The Morgan fingerprint density at radius 3 is 1.57 bits per heavy atom. The highest BCUT2D eigenvalue weighted by Crippen LogP contribution is 2.19. The van der Waals surface area contributed by atoms with E-state index < -0.39 is 17.1 Å². The number of aldehydes is 1. The second-order valence-corrected chi connectivity index (χ2v) is 12.2. The monoisotopic (exact) mass is 583 g/mol. The lowest BCUT2D eigenvalue weighted by Gasteiger charge is -2.24. The number of carbonyl (C=O) groups is 4. The molecule has 0 unspecified atom stereocenters. The number of nitrogens with zero attached hydrogens (tertiary/aromatic N) is 1. The molecule has 0 aliphatic rings. The van der Waals surface area contributed by atoms with Gasteiger partial charge in [-0.3, -0.25) is 19.2 Å². The van der Waals surface area contributed by atoms with Gasteiger partial charge in [-0.1, -0.05) is 60.7 Å². The quantitative estimate of drug-likeness (QED) is 0.158. The molecule has 2 rings (SSSR count). The summed E-state index contributed by atoms with van der Waals surface area (Å²) in [7, 11) is 2.98. The first-order valence-corrected chi connectivity index (χ1v) is 14.4. The zero-order valence-corrected chi connectivity index (χ0v) is 26.6. The van der Waals surface area contributed by atoms with Gasteiger partial charge in [0.15, 0.2) is 0 Å². The molecular formula is C34H49NO7. The summed E-state index contributed by atoms with van der Waals surface area (Å²) in [5, 5.41) is 1.17. The molecule has 2 atom stereocenters. The molecule has 8 heteroatoms. The van der Waals surface area contributed by atoms with Crippen LogP contribution >= 0.6 is 0 Å². The van der Waals surface area contributed by atoms with E-state index in [1.54, 1.807) is 7.05 Å². The van der Waals surface area contributed by atoms with Crippen molar-refractivity contribution in [1.82, 2.24) is 5.06 Å². The van der Waals surface area contributed by atoms with E-state index in [0.717, 1.165) is 24.7 Å². The van der Waals surface area contributed by atoms with Gasteiger partial charge in [0.1, 0.15) is 17.5 Å². The molecule has 0 saturated heterocycles. The Morgan fingerprint density at radius 1 is 0.738 bits per heavy atom. The normalized spacial score (nSPS) is 12.7. The van der Waals surface area contributed by atoms with Crippen molar-refractivity contribution in [3.63, 3.8) is 0 Å². The maximum Gasteiger partial charge on any atom is 0.307 e. The number of hydrogen-bond donors (Lipinski definition) is 0. The number of ether oxygens (including phenoxy) is 2. The van der Waals surface area contributed by atoms with Crippen LogP contribution in [0.15, 0.2) is 60.7 Å². The highest BCUT2D eigenvalue weighted by atomic mass is 16.7. The van der Waals surface area contributed by atoms with Crippen LogP contribution in [-0.4, -0.2) is 54.6 Å². The van der Waals surface area contributed by atoms with Crippen molar-refractivity contribution in [2.24, 2.45) is 11.8 Å². The number of amides is 1. The van der Waals surface area contributed by atoms with Crippen molar-refractivity contribution in [3.8, 4) is 0 Å². The highest BCUT2D eigenvalue weighted by Gasteiger charge is 2.28. The summed E-state index contributed by atoms with van der Waals surface area (Å²) < 4.78 is 10.6. The lowest BCUT2D eigenvalue weighted by Crippen LogP contribution is -2.35. The Bertz CT molecular complexity index is 1090. The number of esters is 2. The van der Waals surface area contributed by atoms with E-state index in [4.69, 9.17) is 14.3 Å². The van der Waals surface area contributed by atoms with Gasteiger partial charge in [0.25, 0.3) is 0 Å². The van der Waals surface area contributed by atoms with Gasteiger partial charge in [0, 0.05) is 13.0 Å². The molecule has 8 nitrogen and oxygen atoms in total. The van der Waals surface area contributed by atoms with E-state index in [1.165, 1.54) is 17.7 Å². The van der Waals surface area contributed by atoms with E-state index in [9.17, 15) is 19.2 Å². The van der Waals surface area contributed by atoms with Crippen LogP contribution in [-0.2, 0) is 46.3 Å². The summed E-state index contributed by atoms with van der Waals surface area (Å²) >= 11 is 0. The van der Waals surface area contributed by atoms with Gasteiger partial charge in [0.2, 0.25) is 5.91 Å². The molecule has 0 N–H and O–H groups in total. The molecule has 42 heavy (non-hydrogen) atoms. The van der Waals surface area contributed by atoms with Crippen molar-refractivity contribution >= 4 is 24.1 Å². The van der Waals surface area contributed by atoms with Crippen molar-refractivity contribution in [2.75, 3.05) is 14.2 Å². The van der Waals surface area contributed by atoms with Crippen LogP contribution < -0.4 is 0 Å². The molecule has 1 amide bonds. The fourth-order valence-corrected chi connectivity index (χ4v) is 4.04. The molecule has 0 aromatic heterocycles. The fraction of sp³-hybridized carbons (Fsp3) is 0.529. The highest BCUT2D eigenvalue weighted by molar-refractivity contribution is 5.83. The van der Waals surface area contributed by atoms with E-state index in [2.05, 4.69) is 0 Å². The first-order valence-electron chi connectivity index (χ1n) is 14.4. The van der Waals surface area contributed by atoms with Crippen LogP contribution in [0.3, 0.4) is 0 Å². The number of hydroxylamine groups is 2. The summed E-state index contributed by atoms with van der Waals surface area (Å²) in [4.78, 5) is 52.1. The minimum atomic E-state index is -0.558. The topological polar surface area (TPSA) is 99.2 Å². The molecule has 232 valence electrons. The minimum absolute atomic E-state index is 0.0522. The molecule has 2 aromatic carbocycles. The molecule has 2 aromatic rings. The molecule has 0 spiro atoms. The number of benzene rings is 2. The zero-order chi connectivity index (χ0) is 31.8. The van der Waals surface area contributed by atoms with E-state index in [1.807, 2.05) is 102 Å². The molecule has 0 aliphatic heterocycles. The lowest BCUT2D eigenvalue weighted by atomic mass is 9.95. The van der Waals surface area contributed by atoms with Crippen LogP contribution in [0.2, 0.25) is 0 Å². The molecule has 0 bridgehead atoms. The fourth-order valence-electron chi connectivity index (χ4n) is 4.04. The molecular weight excluding hydrogens is 534 g/mol. The molecule has 0 heterocycles. The molecule has 0 saturated carbocycles. The SMILES string of the molecule is CC(C)(C)OC(=O)C[C@H](C=O)CCc1ccccc1.CON(C)C(=O)[C@H](CCc1ccccc1)CC(=O)OC(C)(C)C. The number of carbonyl (C=O) groups excluding carboxylic acids is 4. The minimum Gasteiger partial charge on any atom is -0.460 e. The van der Waals surface area contributed by atoms with E-state index >= 15 is 0 Å². The maximum absolute atomic E-state index is 12.4. The Labute approximate surface area is 251 Å². The Kier molecular flexibility index (Phi) is 15.7. The van der Waals surface area contributed by atoms with E-state index in [0.29, 0.717) is 12.8 Å². The Hall–Kier alpha value is -3.52. The van der Waals surface area contributed by atoms with Crippen LogP contribution in [0.4, 0.5) is 0 Å². The predicted molar refractivity (Wildman–Crippen MR) is 163 cm³/mol. The van der Waals surface area contributed by atoms with E-state index in [-0.39, 0.29) is 36.6 Å². The molecule has 0 fully saturated rings. The van der Waals surface area contributed by atoms with Gasteiger partial charge in [-0.15, -0.1) is 0 Å². The van der Waals surface area contributed by atoms with Crippen LogP contribution in [0, 0.1) is 11.8 Å². The third-order valence-electron chi connectivity index (χ3n) is 6.08. The van der Waals surface area contributed by atoms with Crippen molar-refractivity contribution in [3.05, 3.63) is 71.8 Å². The smallest absolute Gasteiger partial charge is 0.307 e. The van der Waals surface area contributed by atoms with Gasteiger partial charge in [-0.05, 0) is 78.4 Å². The first-order chi connectivity index (χ1) is 19.6. The maximum atomic E-state index is 12.4. The van der Waals surface area contributed by atoms with Crippen molar-refractivity contribution in [2.45, 2.75) is 91.3 Å². The standard InChI is InChI=1S/C18H27NO4.C16H22O3/c1-18(2,3)23-16(20)13-15(17(21)19(4)22-5)12-11-14-9-7-6-8-10-14;1-16(2,3)19-15(18)11-14(12-17)10-9-13-7-5-4-6-8-13/h6-10,15H,11-13H2,1-5H3;4-8,12,14H,9-11H2,1-3H3/t15-;14-/m11/s1. The molecule has 0 radical (unpaired) electrons. The summed E-state index contributed by atoms with van der Waals surface area (Å²) in [5.74, 6) is -1.62. The number of aryl methyl sites for hydroxylation is 2. The average Bonchev–Trinajstić information content (AvgIpc) is 2.92. The van der Waals surface area contributed by atoms with Gasteiger partial charge in [-0.25, -0.2) is 5.06 Å². The first kappa shape index (κ1) is 36.5. The van der Waals surface area contributed by atoms with Crippen LogP contribution in [0.1, 0.15) is 78.4 Å². The third kappa shape index (κ3) is 16.7. The summed E-state index contributed by atoms with van der Waals surface area (Å²) in [5.41, 5.74) is 1.26. The van der Waals surface area contributed by atoms with Gasteiger partial charge in [0.05, 0.1) is 25.9 Å². The largest absolute Gasteiger partial charge is 0.460 e. The van der Waals surface area contributed by atoms with Gasteiger partial charge >= 0.3 is 11.9 Å². The molecule has 0 aliphatic carbocycles. The summed E-state index contributed by atoms with van der Waals surface area (Å²) in [6.07, 6.45) is 3.82. The third-order valence-corrected chi connectivity index (χ3v) is 6.08. The van der Waals surface area contributed by atoms with Crippen LogP contribution in [0.25, 0.3) is 0 Å². The summed E-state index contributed by atoms with van der Waals surface area (Å²) in [6, 6.07) is 19.8. The second-order valence-electron chi connectivity index (χ2n) is 12.2. The predicted octanol–water partition coefficient (Wildman–Crippen LogP) is 6.15. The van der Waals surface area contributed by atoms with Crippen molar-refractivity contribution < 1.29 is 33.5 Å². The average molecular weight is 584 g/mol. The van der Waals surface area contributed by atoms with Crippen LogP contribution in [0.5, 0.6) is 0 Å². The number of hydrogen-bond acceptors (Lipinski definition) is 7. The lowest BCUT2D eigenvalue weighted by molar-refractivity contribution is -0.177.